The van der Waals surface area contributed by atoms with E-state index in [0.29, 0.717) is 0 Å². The normalized spacial score (nSPS) is 11.8. The summed E-state index contributed by atoms with van der Waals surface area (Å²) >= 11 is 3.71. The maximum atomic E-state index is 6.42. The fraction of sp³-hybridized carbons (Fsp3) is 0. The fourth-order valence-electron chi connectivity index (χ4n) is 8.63. The van der Waals surface area contributed by atoms with Crippen LogP contribution in [0.3, 0.4) is 0 Å². The van der Waals surface area contributed by atoms with Crippen molar-refractivity contribution >= 4 is 102 Å². The van der Waals surface area contributed by atoms with Crippen LogP contribution in [0.4, 0.5) is 17.1 Å². The number of thiophene rings is 2. The van der Waals surface area contributed by atoms with Crippen molar-refractivity contribution < 1.29 is 4.42 Å². The molecule has 9 aromatic carbocycles. The Labute approximate surface area is 343 Å². The lowest BCUT2D eigenvalue weighted by Crippen LogP contribution is -2.09. The molecular formula is C54H33NOS2. The molecule has 0 saturated carbocycles. The van der Waals surface area contributed by atoms with Gasteiger partial charge in [-0.05, 0) is 107 Å². The molecule has 0 spiro atoms. The maximum absolute atomic E-state index is 6.42. The monoisotopic (exact) mass is 775 g/mol. The van der Waals surface area contributed by atoms with Gasteiger partial charge in [0.2, 0.25) is 0 Å². The van der Waals surface area contributed by atoms with E-state index in [-0.39, 0.29) is 0 Å². The second kappa shape index (κ2) is 13.3. The topological polar surface area (TPSA) is 16.4 Å². The third-order valence-corrected chi connectivity index (χ3v) is 13.8. The van der Waals surface area contributed by atoms with E-state index in [9.17, 15) is 0 Å². The molecule has 3 heterocycles. The Kier molecular flexibility index (Phi) is 7.62. The molecule has 0 aliphatic carbocycles. The second-order valence-corrected chi connectivity index (χ2v) is 17.0. The summed E-state index contributed by atoms with van der Waals surface area (Å²) in [7, 11) is 0. The highest BCUT2D eigenvalue weighted by Crippen LogP contribution is 2.42. The van der Waals surface area contributed by atoms with Gasteiger partial charge in [0.1, 0.15) is 11.2 Å². The Hall–Kier alpha value is -6.98. The summed E-state index contributed by atoms with van der Waals surface area (Å²) in [5, 5.41) is 7.54. The average Bonchev–Trinajstić information content (AvgIpc) is 3.98. The molecule has 0 unspecified atom stereocenters. The third-order valence-electron chi connectivity index (χ3n) is 11.5. The zero-order valence-corrected chi connectivity index (χ0v) is 32.9. The Balaban J connectivity index is 0.935. The van der Waals surface area contributed by atoms with E-state index in [1.807, 2.05) is 34.8 Å². The van der Waals surface area contributed by atoms with E-state index >= 15 is 0 Å². The Morgan fingerprint density at radius 1 is 0.310 bits per heavy atom. The molecule has 0 radical (unpaired) electrons. The van der Waals surface area contributed by atoms with Gasteiger partial charge < -0.3 is 9.32 Å². The van der Waals surface area contributed by atoms with Gasteiger partial charge >= 0.3 is 0 Å². The van der Waals surface area contributed by atoms with Crippen molar-refractivity contribution in [2.24, 2.45) is 0 Å². The van der Waals surface area contributed by atoms with Crippen LogP contribution in [0.25, 0.3) is 95.7 Å². The zero-order valence-electron chi connectivity index (χ0n) is 31.2. The van der Waals surface area contributed by atoms with Gasteiger partial charge in [0.05, 0.1) is 0 Å². The van der Waals surface area contributed by atoms with Gasteiger partial charge in [0, 0.05) is 73.7 Å². The zero-order chi connectivity index (χ0) is 38.2. The lowest BCUT2D eigenvalue weighted by Gasteiger charge is -2.26. The van der Waals surface area contributed by atoms with Gasteiger partial charge in [-0.15, -0.1) is 22.7 Å². The molecule has 12 rings (SSSR count). The van der Waals surface area contributed by atoms with Crippen molar-refractivity contribution in [3.8, 4) is 33.4 Å². The number of nitrogens with zero attached hydrogens (tertiary/aromatic N) is 1. The third kappa shape index (κ3) is 5.45. The number of benzene rings is 9. The number of fused-ring (bicyclic) bond motifs is 9. The van der Waals surface area contributed by atoms with Crippen molar-refractivity contribution in [3.63, 3.8) is 0 Å². The Morgan fingerprint density at radius 2 is 0.741 bits per heavy atom. The van der Waals surface area contributed by atoms with Crippen molar-refractivity contribution in [2.45, 2.75) is 0 Å². The minimum absolute atomic E-state index is 0.909. The molecule has 0 bridgehead atoms. The van der Waals surface area contributed by atoms with Crippen LogP contribution >= 0.6 is 22.7 Å². The van der Waals surface area contributed by atoms with Crippen molar-refractivity contribution in [3.05, 3.63) is 200 Å². The first-order valence-electron chi connectivity index (χ1n) is 19.6. The van der Waals surface area contributed by atoms with Crippen molar-refractivity contribution in [1.29, 1.82) is 0 Å². The van der Waals surface area contributed by atoms with Crippen molar-refractivity contribution in [1.82, 2.24) is 0 Å². The van der Waals surface area contributed by atoms with E-state index < -0.39 is 0 Å². The van der Waals surface area contributed by atoms with Gasteiger partial charge in [0.25, 0.3) is 0 Å². The maximum Gasteiger partial charge on any atom is 0.143 e. The molecule has 2 nitrogen and oxygen atoms in total. The first-order valence-corrected chi connectivity index (χ1v) is 21.2. The van der Waals surface area contributed by atoms with Gasteiger partial charge in [-0.2, -0.15) is 0 Å². The van der Waals surface area contributed by atoms with Gasteiger partial charge in [-0.25, -0.2) is 0 Å². The predicted octanol–water partition coefficient (Wildman–Crippen LogP) is 16.8. The SMILES string of the molecule is c1ccc2c(c1)oc1c(-c3ccc(N(c4ccc(-c5ccc6sc7ccccc7c6c5)cc4)c4ccc(-c5ccc6sc7ccccc7c6c5)cc4)cc3)cccc12. The number of furan rings is 1. The van der Waals surface area contributed by atoms with Gasteiger partial charge in [-0.1, -0.05) is 121 Å². The molecule has 12 aromatic rings. The second-order valence-electron chi connectivity index (χ2n) is 14.9. The number of anilines is 3. The molecule has 272 valence electrons. The van der Waals surface area contributed by atoms with E-state index in [0.717, 1.165) is 50.1 Å². The molecule has 0 aliphatic heterocycles. The Bertz CT molecular complexity index is 3340. The molecule has 3 aromatic heterocycles. The molecule has 0 saturated heterocycles. The van der Waals surface area contributed by atoms with Crippen LogP contribution in [-0.2, 0) is 0 Å². The van der Waals surface area contributed by atoms with E-state index in [2.05, 4.69) is 193 Å². The summed E-state index contributed by atoms with van der Waals surface area (Å²) in [5.41, 5.74) is 12.1. The summed E-state index contributed by atoms with van der Waals surface area (Å²) in [6, 6.07) is 72.7. The minimum atomic E-state index is 0.909. The van der Waals surface area contributed by atoms with Crippen LogP contribution in [0.15, 0.2) is 205 Å². The van der Waals surface area contributed by atoms with Gasteiger partial charge in [0.15, 0.2) is 0 Å². The van der Waals surface area contributed by atoms with Crippen LogP contribution in [-0.4, -0.2) is 0 Å². The van der Waals surface area contributed by atoms with Gasteiger partial charge in [-0.3, -0.25) is 0 Å². The van der Waals surface area contributed by atoms with Crippen LogP contribution in [0.2, 0.25) is 0 Å². The molecule has 0 fully saturated rings. The smallest absolute Gasteiger partial charge is 0.143 e. The summed E-state index contributed by atoms with van der Waals surface area (Å²) in [5.74, 6) is 0. The fourth-order valence-corrected chi connectivity index (χ4v) is 10.8. The highest BCUT2D eigenvalue weighted by molar-refractivity contribution is 7.26. The van der Waals surface area contributed by atoms with Crippen LogP contribution in [0.5, 0.6) is 0 Å². The molecule has 0 atom stereocenters. The summed E-state index contributed by atoms with van der Waals surface area (Å²) in [6.07, 6.45) is 0. The number of rotatable bonds is 6. The predicted molar refractivity (Wildman–Crippen MR) is 250 cm³/mol. The first-order chi connectivity index (χ1) is 28.7. The molecular weight excluding hydrogens is 743 g/mol. The molecule has 58 heavy (non-hydrogen) atoms. The minimum Gasteiger partial charge on any atom is -0.455 e. The summed E-state index contributed by atoms with van der Waals surface area (Å²) in [4.78, 5) is 2.35. The molecule has 4 heteroatoms. The summed E-state index contributed by atoms with van der Waals surface area (Å²) < 4.78 is 11.7. The number of hydrogen-bond acceptors (Lipinski definition) is 4. The highest BCUT2D eigenvalue weighted by atomic mass is 32.1. The standard InChI is InChI=1S/C54H33NOS2/c1-4-13-49-43(8-1)46-12-7-11-42(54(46)56-49)36-20-28-41(29-21-36)55(39-24-16-34(17-25-39)37-22-30-52-47(32-37)44-9-2-5-14-50(44)57-52)40-26-18-35(19-27-40)38-23-31-53-48(33-38)45-10-3-6-15-51(45)58-53/h1-33H. The lowest BCUT2D eigenvalue weighted by molar-refractivity contribution is 0.670. The van der Waals surface area contributed by atoms with E-state index in [1.54, 1.807) is 0 Å². The highest BCUT2D eigenvalue weighted by Gasteiger charge is 2.17. The quantitative estimate of drug-likeness (QED) is 0.167. The molecule has 0 N–H and O–H groups in total. The first kappa shape index (κ1) is 33.2. The molecule has 0 aliphatic rings. The number of hydrogen-bond donors (Lipinski definition) is 0. The van der Waals surface area contributed by atoms with Crippen LogP contribution in [0, 0.1) is 0 Å². The molecule has 0 amide bonds. The Morgan fingerprint density at radius 3 is 1.29 bits per heavy atom. The van der Waals surface area contributed by atoms with E-state index in [4.69, 9.17) is 4.42 Å². The van der Waals surface area contributed by atoms with Crippen LogP contribution < -0.4 is 4.90 Å². The average molecular weight is 776 g/mol. The van der Waals surface area contributed by atoms with Crippen molar-refractivity contribution in [2.75, 3.05) is 4.90 Å². The summed E-state index contributed by atoms with van der Waals surface area (Å²) in [6.45, 7) is 0. The largest absolute Gasteiger partial charge is 0.455 e. The lowest BCUT2D eigenvalue weighted by atomic mass is 10.0. The van der Waals surface area contributed by atoms with E-state index in [1.165, 1.54) is 62.6 Å². The van der Waals surface area contributed by atoms with Crippen LogP contribution in [0.1, 0.15) is 0 Å². The number of para-hydroxylation sites is 2.